The first-order chi connectivity index (χ1) is 12.1. The normalized spacial score (nSPS) is 22.9. The van der Waals surface area contributed by atoms with E-state index in [1.54, 1.807) is 12.3 Å². The zero-order valence-corrected chi connectivity index (χ0v) is 14.2. The molecule has 1 saturated carbocycles. The van der Waals surface area contributed by atoms with Gasteiger partial charge in [-0.3, -0.25) is 9.48 Å². The second kappa shape index (κ2) is 5.84. The molecule has 2 atom stereocenters. The summed E-state index contributed by atoms with van der Waals surface area (Å²) in [5.41, 5.74) is 2.02. The largest absolute Gasteiger partial charge is 0.348 e. The van der Waals surface area contributed by atoms with Crippen LogP contribution in [-0.4, -0.2) is 42.6 Å². The van der Waals surface area contributed by atoms with Gasteiger partial charge < -0.3 is 10.2 Å². The van der Waals surface area contributed by atoms with Gasteiger partial charge in [0.1, 0.15) is 11.8 Å². The van der Waals surface area contributed by atoms with Crippen molar-refractivity contribution in [2.24, 2.45) is 7.05 Å². The maximum Gasteiger partial charge on any atom is 0.225 e. The molecular formula is C17H19N7O. The summed E-state index contributed by atoms with van der Waals surface area (Å²) < 4.78 is 1.81. The van der Waals surface area contributed by atoms with Crippen LogP contribution in [0.2, 0.25) is 0 Å². The Balaban J connectivity index is 1.68. The predicted molar refractivity (Wildman–Crippen MR) is 89.3 cm³/mol. The number of rotatable bonds is 4. The van der Waals surface area contributed by atoms with Crippen LogP contribution in [0.3, 0.4) is 0 Å². The highest BCUT2D eigenvalue weighted by Gasteiger charge is 2.48. The molecule has 25 heavy (non-hydrogen) atoms. The van der Waals surface area contributed by atoms with Gasteiger partial charge in [-0.05, 0) is 31.9 Å². The Bertz CT molecular complexity index is 864. The zero-order valence-electron chi connectivity index (χ0n) is 14.2. The van der Waals surface area contributed by atoms with Crippen LogP contribution in [0.5, 0.6) is 0 Å². The monoisotopic (exact) mass is 337 g/mol. The van der Waals surface area contributed by atoms with Crippen molar-refractivity contribution in [1.82, 2.24) is 24.6 Å². The van der Waals surface area contributed by atoms with Crippen LogP contribution >= 0.6 is 0 Å². The van der Waals surface area contributed by atoms with E-state index in [9.17, 15) is 4.79 Å². The number of nitriles is 1. The van der Waals surface area contributed by atoms with Gasteiger partial charge in [-0.1, -0.05) is 0 Å². The molecule has 8 nitrogen and oxygen atoms in total. The molecule has 0 aromatic carbocycles. The lowest BCUT2D eigenvalue weighted by atomic mass is 10.1. The van der Waals surface area contributed by atoms with Crippen LogP contribution in [0.4, 0.5) is 5.95 Å². The van der Waals surface area contributed by atoms with E-state index in [1.807, 2.05) is 35.7 Å². The lowest BCUT2D eigenvalue weighted by molar-refractivity contribution is -0.129. The second-order valence-corrected chi connectivity index (χ2v) is 6.64. The van der Waals surface area contributed by atoms with Crippen molar-refractivity contribution in [1.29, 1.82) is 5.26 Å². The van der Waals surface area contributed by atoms with E-state index in [-0.39, 0.29) is 18.0 Å². The summed E-state index contributed by atoms with van der Waals surface area (Å²) in [6, 6.07) is 5.68. The Morgan fingerprint density at radius 3 is 2.80 bits per heavy atom. The first-order valence-corrected chi connectivity index (χ1v) is 8.38. The van der Waals surface area contributed by atoms with E-state index in [0.29, 0.717) is 24.1 Å². The van der Waals surface area contributed by atoms with Crippen LogP contribution in [0.1, 0.15) is 42.4 Å². The quantitative estimate of drug-likeness (QED) is 0.903. The molecule has 2 aliphatic rings. The van der Waals surface area contributed by atoms with Crippen molar-refractivity contribution < 1.29 is 4.79 Å². The number of hydrogen-bond donors (Lipinski definition) is 1. The molecule has 0 radical (unpaired) electrons. The molecule has 1 aliphatic heterocycles. The molecule has 1 saturated heterocycles. The summed E-state index contributed by atoms with van der Waals surface area (Å²) in [6.07, 6.45) is 4.22. The van der Waals surface area contributed by atoms with Gasteiger partial charge in [0.05, 0.1) is 17.8 Å². The number of nitrogens with zero attached hydrogens (tertiary/aromatic N) is 6. The zero-order chi connectivity index (χ0) is 17.6. The first kappa shape index (κ1) is 15.6. The van der Waals surface area contributed by atoms with Crippen LogP contribution < -0.4 is 5.32 Å². The van der Waals surface area contributed by atoms with Gasteiger partial charge >= 0.3 is 0 Å². The summed E-state index contributed by atoms with van der Waals surface area (Å²) in [7, 11) is 1.89. The second-order valence-electron chi connectivity index (χ2n) is 6.64. The molecular weight excluding hydrogens is 318 g/mol. The summed E-state index contributed by atoms with van der Waals surface area (Å²) in [5.74, 6) is 0.526. The van der Waals surface area contributed by atoms with Crippen molar-refractivity contribution >= 4 is 11.9 Å². The third kappa shape index (κ3) is 2.82. The van der Waals surface area contributed by atoms with Gasteiger partial charge in [-0.2, -0.15) is 10.4 Å². The van der Waals surface area contributed by atoms with E-state index < -0.39 is 0 Å². The van der Waals surface area contributed by atoms with Gasteiger partial charge in [-0.15, -0.1) is 0 Å². The number of carbonyl (C=O) groups excluding carboxylic acids is 1. The summed E-state index contributed by atoms with van der Waals surface area (Å²) >= 11 is 0. The first-order valence-electron chi connectivity index (χ1n) is 8.38. The lowest BCUT2D eigenvalue weighted by Gasteiger charge is -2.28. The van der Waals surface area contributed by atoms with Gasteiger partial charge in [-0.25, -0.2) is 9.97 Å². The number of amides is 1. The number of aromatic nitrogens is 4. The van der Waals surface area contributed by atoms with Gasteiger partial charge in [0.15, 0.2) is 0 Å². The van der Waals surface area contributed by atoms with E-state index in [1.165, 1.54) is 0 Å². The fourth-order valence-corrected chi connectivity index (χ4v) is 3.55. The van der Waals surface area contributed by atoms with Crippen molar-refractivity contribution in [2.75, 3.05) is 5.32 Å². The molecule has 8 heteroatoms. The van der Waals surface area contributed by atoms with Gasteiger partial charge in [0.2, 0.25) is 11.9 Å². The summed E-state index contributed by atoms with van der Waals surface area (Å²) in [4.78, 5) is 23.2. The minimum Gasteiger partial charge on any atom is -0.348 e. The molecule has 2 aromatic rings. The molecule has 0 spiro atoms. The van der Waals surface area contributed by atoms with E-state index in [2.05, 4.69) is 20.4 Å². The van der Waals surface area contributed by atoms with Gasteiger partial charge in [0.25, 0.3) is 0 Å². The molecule has 1 aliphatic carbocycles. The third-order valence-corrected chi connectivity index (χ3v) is 4.75. The Morgan fingerprint density at radius 1 is 1.36 bits per heavy atom. The molecule has 2 fully saturated rings. The predicted octanol–water partition coefficient (Wildman–Crippen LogP) is 1.31. The molecule has 0 bridgehead atoms. The standard InChI is InChI=1S/C17H19N7O/c1-10-7-11(9-18)21-17(20-10)22-13-8-15(25)24(12-3-4-12)16(13)14-5-6-19-23(14)2/h5-7,12-13,16H,3-4,8H2,1-2H3,(H,20,21,22)/t13-,16-/m1/s1. The van der Waals surface area contributed by atoms with E-state index >= 15 is 0 Å². The maximum atomic E-state index is 12.6. The van der Waals surface area contributed by atoms with Crippen molar-refractivity contribution in [2.45, 2.75) is 44.3 Å². The average Bonchev–Trinajstić information content (AvgIpc) is 3.24. The topological polar surface area (TPSA) is 99.7 Å². The number of likely N-dealkylation sites (tertiary alicyclic amines) is 1. The number of nitrogens with one attached hydrogen (secondary N) is 1. The van der Waals surface area contributed by atoms with Crippen molar-refractivity contribution in [3.8, 4) is 6.07 Å². The number of anilines is 1. The molecule has 4 rings (SSSR count). The fraction of sp³-hybridized carbons (Fsp3) is 0.471. The molecule has 1 amide bonds. The number of aryl methyl sites for hydroxylation is 2. The Morgan fingerprint density at radius 2 is 2.16 bits per heavy atom. The molecule has 2 aromatic heterocycles. The van der Waals surface area contributed by atoms with Crippen molar-refractivity contribution in [3.63, 3.8) is 0 Å². The highest BCUT2D eigenvalue weighted by Crippen LogP contribution is 2.42. The molecule has 1 N–H and O–H groups in total. The van der Waals surface area contributed by atoms with E-state index in [0.717, 1.165) is 24.2 Å². The molecule has 3 heterocycles. The van der Waals surface area contributed by atoms with Crippen LogP contribution in [0.15, 0.2) is 18.3 Å². The smallest absolute Gasteiger partial charge is 0.225 e. The summed E-state index contributed by atoms with van der Waals surface area (Å²) in [5, 5.41) is 16.7. The Kier molecular flexibility index (Phi) is 3.64. The minimum atomic E-state index is -0.156. The van der Waals surface area contributed by atoms with Crippen LogP contribution in [0, 0.1) is 18.3 Å². The Labute approximate surface area is 145 Å². The third-order valence-electron chi connectivity index (χ3n) is 4.75. The van der Waals surface area contributed by atoms with Crippen molar-refractivity contribution in [3.05, 3.63) is 35.4 Å². The van der Waals surface area contributed by atoms with E-state index in [4.69, 9.17) is 5.26 Å². The molecule has 128 valence electrons. The highest BCUT2D eigenvalue weighted by molar-refractivity contribution is 5.81. The SMILES string of the molecule is Cc1cc(C#N)nc(N[C@@H]2CC(=O)N(C3CC3)[C@H]2c2ccnn2C)n1. The Hall–Kier alpha value is -2.95. The maximum absolute atomic E-state index is 12.6. The van der Waals surface area contributed by atoms with Crippen LogP contribution in [-0.2, 0) is 11.8 Å². The minimum absolute atomic E-state index is 0.109. The van der Waals surface area contributed by atoms with Gasteiger partial charge in [0, 0.05) is 31.4 Å². The molecule has 0 unspecified atom stereocenters. The number of hydrogen-bond acceptors (Lipinski definition) is 6. The summed E-state index contributed by atoms with van der Waals surface area (Å²) in [6.45, 7) is 1.82. The number of carbonyl (C=O) groups is 1. The van der Waals surface area contributed by atoms with Crippen LogP contribution in [0.25, 0.3) is 0 Å². The lowest BCUT2D eigenvalue weighted by Crippen LogP contribution is -2.35. The highest BCUT2D eigenvalue weighted by atomic mass is 16.2. The fourth-order valence-electron chi connectivity index (χ4n) is 3.55. The average molecular weight is 337 g/mol.